The average Bonchev–Trinajstić information content (AvgIpc) is 2.72. The Hall–Kier alpha value is -3.43. The molecule has 0 fully saturated rings. The van der Waals surface area contributed by atoms with Gasteiger partial charge in [-0.3, -0.25) is 10.1 Å². The molecule has 3 aromatic rings. The van der Waals surface area contributed by atoms with Gasteiger partial charge in [0.1, 0.15) is 12.4 Å². The predicted molar refractivity (Wildman–Crippen MR) is 111 cm³/mol. The van der Waals surface area contributed by atoms with Crippen LogP contribution < -0.4 is 4.74 Å². The molecule has 0 aromatic heterocycles. The molecular weight excluding hydrogens is 420 g/mol. The zero-order valence-electron chi connectivity index (χ0n) is 14.7. The second kappa shape index (κ2) is 8.98. The topological polar surface area (TPSA) is 76.2 Å². The van der Waals surface area contributed by atoms with Gasteiger partial charge in [-0.05, 0) is 63.0 Å². The van der Waals surface area contributed by atoms with Crippen LogP contribution >= 0.6 is 15.9 Å². The van der Waals surface area contributed by atoms with Crippen LogP contribution in [0.4, 0.5) is 5.69 Å². The molecule has 0 aliphatic heterocycles. The lowest BCUT2D eigenvalue weighted by molar-refractivity contribution is -0.384. The third-order valence-electron chi connectivity index (χ3n) is 4.01. The number of non-ortho nitro benzene ring substituents is 1. The number of nitro groups is 1. The van der Waals surface area contributed by atoms with Gasteiger partial charge in [-0.25, -0.2) is 0 Å². The summed E-state index contributed by atoms with van der Waals surface area (Å²) in [6, 6.07) is 23.5. The molecule has 0 aliphatic carbocycles. The first-order valence-electron chi connectivity index (χ1n) is 8.40. The Morgan fingerprint density at radius 3 is 2.43 bits per heavy atom. The van der Waals surface area contributed by atoms with Crippen molar-refractivity contribution in [2.45, 2.75) is 6.61 Å². The van der Waals surface area contributed by atoms with E-state index >= 15 is 0 Å². The Balaban J connectivity index is 1.78. The van der Waals surface area contributed by atoms with Crippen LogP contribution in [0.2, 0.25) is 0 Å². The number of nitriles is 1. The Morgan fingerprint density at radius 1 is 1.11 bits per heavy atom. The van der Waals surface area contributed by atoms with Crippen molar-refractivity contribution in [3.63, 3.8) is 0 Å². The largest absolute Gasteiger partial charge is 0.488 e. The highest BCUT2D eigenvalue weighted by Crippen LogP contribution is 2.29. The smallest absolute Gasteiger partial charge is 0.269 e. The minimum Gasteiger partial charge on any atom is -0.488 e. The van der Waals surface area contributed by atoms with E-state index in [1.54, 1.807) is 18.2 Å². The van der Waals surface area contributed by atoms with Gasteiger partial charge in [-0.15, -0.1) is 0 Å². The van der Waals surface area contributed by atoms with Gasteiger partial charge in [0.25, 0.3) is 5.69 Å². The molecule has 0 aliphatic rings. The van der Waals surface area contributed by atoms with Crippen LogP contribution in [0.25, 0.3) is 11.6 Å². The third-order valence-corrected chi connectivity index (χ3v) is 4.63. The molecule has 28 heavy (non-hydrogen) atoms. The van der Waals surface area contributed by atoms with Crippen molar-refractivity contribution >= 4 is 33.3 Å². The summed E-state index contributed by atoms with van der Waals surface area (Å²) < 4.78 is 6.61. The van der Waals surface area contributed by atoms with Crippen LogP contribution in [0, 0.1) is 21.4 Å². The van der Waals surface area contributed by atoms with E-state index in [1.807, 2.05) is 48.5 Å². The molecule has 0 radical (unpaired) electrons. The van der Waals surface area contributed by atoms with Crippen molar-refractivity contribution in [1.82, 2.24) is 0 Å². The summed E-state index contributed by atoms with van der Waals surface area (Å²) in [5.74, 6) is 0.704. The number of allylic oxidation sites excluding steroid dienone is 1. The first kappa shape index (κ1) is 19.3. The quantitative estimate of drug-likeness (QED) is 0.206. The molecular formula is C22H15BrN2O3. The third kappa shape index (κ3) is 4.84. The summed E-state index contributed by atoms with van der Waals surface area (Å²) in [6.45, 7) is 0.459. The van der Waals surface area contributed by atoms with E-state index in [0.717, 1.165) is 15.6 Å². The molecule has 0 saturated carbocycles. The summed E-state index contributed by atoms with van der Waals surface area (Å²) in [6.07, 6.45) is 1.73. The summed E-state index contributed by atoms with van der Waals surface area (Å²) in [5.41, 5.74) is 2.91. The Labute approximate surface area is 170 Å². The molecule has 0 amide bonds. The fourth-order valence-electron chi connectivity index (χ4n) is 2.57. The summed E-state index contributed by atoms with van der Waals surface area (Å²) in [7, 11) is 0. The Morgan fingerprint density at radius 2 is 1.82 bits per heavy atom. The Kier molecular flexibility index (Phi) is 6.20. The van der Waals surface area contributed by atoms with Gasteiger partial charge in [0.2, 0.25) is 0 Å². The fourth-order valence-corrected chi connectivity index (χ4v) is 3.08. The van der Waals surface area contributed by atoms with E-state index in [9.17, 15) is 15.4 Å². The summed E-state index contributed by atoms with van der Waals surface area (Å²) >= 11 is 3.50. The van der Waals surface area contributed by atoms with Crippen molar-refractivity contribution in [1.29, 1.82) is 5.26 Å². The zero-order chi connectivity index (χ0) is 19.9. The molecule has 0 bridgehead atoms. The normalized spacial score (nSPS) is 10.9. The maximum atomic E-state index is 10.8. The van der Waals surface area contributed by atoms with Crippen molar-refractivity contribution in [3.8, 4) is 11.8 Å². The molecule has 0 unspecified atom stereocenters. The molecule has 0 heterocycles. The van der Waals surface area contributed by atoms with Gasteiger partial charge in [-0.2, -0.15) is 5.26 Å². The van der Waals surface area contributed by atoms with Crippen LogP contribution in [0.3, 0.4) is 0 Å². The van der Waals surface area contributed by atoms with Crippen LogP contribution in [0.1, 0.15) is 16.7 Å². The highest BCUT2D eigenvalue weighted by atomic mass is 79.9. The highest BCUT2D eigenvalue weighted by Gasteiger charge is 2.08. The average molecular weight is 435 g/mol. The maximum Gasteiger partial charge on any atom is 0.269 e. The summed E-state index contributed by atoms with van der Waals surface area (Å²) in [4.78, 5) is 10.3. The van der Waals surface area contributed by atoms with Crippen molar-refractivity contribution in [2.24, 2.45) is 0 Å². The number of benzene rings is 3. The predicted octanol–water partition coefficient (Wildman–Crippen LogP) is 6.00. The van der Waals surface area contributed by atoms with Crippen molar-refractivity contribution < 1.29 is 9.66 Å². The molecule has 138 valence electrons. The lowest BCUT2D eigenvalue weighted by Crippen LogP contribution is -1.95. The number of nitro benzene ring substituents is 1. The first-order chi connectivity index (χ1) is 13.6. The van der Waals surface area contributed by atoms with Gasteiger partial charge in [0.15, 0.2) is 0 Å². The standard InChI is InChI=1S/C22H15BrN2O3/c23-21-13-17(6-11-22(21)28-15-16-4-2-1-3-5-16)12-19(14-24)18-7-9-20(10-8-18)25(26)27/h1-13H,15H2/b19-12-. The number of hydrogen-bond donors (Lipinski definition) is 0. The van der Waals surface area contributed by atoms with Gasteiger partial charge in [0.05, 0.1) is 21.0 Å². The van der Waals surface area contributed by atoms with Gasteiger partial charge in [0, 0.05) is 12.1 Å². The zero-order valence-corrected chi connectivity index (χ0v) is 16.3. The van der Waals surface area contributed by atoms with Gasteiger partial charge < -0.3 is 4.74 Å². The molecule has 3 rings (SSSR count). The van der Waals surface area contributed by atoms with E-state index in [4.69, 9.17) is 4.74 Å². The Bertz CT molecular complexity index is 1060. The van der Waals surface area contributed by atoms with E-state index in [2.05, 4.69) is 22.0 Å². The molecule has 6 heteroatoms. The van der Waals surface area contributed by atoms with Gasteiger partial charge >= 0.3 is 0 Å². The van der Waals surface area contributed by atoms with Gasteiger partial charge in [-0.1, -0.05) is 36.4 Å². The van der Waals surface area contributed by atoms with E-state index in [1.165, 1.54) is 12.1 Å². The lowest BCUT2D eigenvalue weighted by atomic mass is 10.0. The second-order valence-electron chi connectivity index (χ2n) is 5.94. The van der Waals surface area contributed by atoms with E-state index < -0.39 is 4.92 Å². The molecule has 5 nitrogen and oxygen atoms in total. The second-order valence-corrected chi connectivity index (χ2v) is 6.79. The molecule has 0 atom stereocenters. The fraction of sp³-hybridized carbons (Fsp3) is 0.0455. The number of ether oxygens (including phenoxy) is 1. The lowest BCUT2D eigenvalue weighted by Gasteiger charge is -2.09. The molecule has 0 saturated heterocycles. The number of hydrogen-bond acceptors (Lipinski definition) is 4. The minimum atomic E-state index is -0.467. The monoisotopic (exact) mass is 434 g/mol. The molecule has 3 aromatic carbocycles. The molecule has 0 spiro atoms. The SMILES string of the molecule is N#C/C(=C/c1ccc(OCc2ccccc2)c(Br)c1)c1ccc([N+](=O)[O-])cc1. The van der Waals surface area contributed by atoms with E-state index in [0.29, 0.717) is 23.5 Å². The minimum absolute atomic E-state index is 0.0105. The number of nitrogens with zero attached hydrogens (tertiary/aromatic N) is 2. The molecule has 0 N–H and O–H groups in total. The number of halogens is 1. The summed E-state index contributed by atoms with van der Waals surface area (Å²) in [5, 5.41) is 20.2. The maximum absolute atomic E-state index is 10.8. The van der Waals surface area contributed by atoms with E-state index in [-0.39, 0.29) is 5.69 Å². The van der Waals surface area contributed by atoms with Crippen LogP contribution in [-0.4, -0.2) is 4.92 Å². The number of rotatable bonds is 6. The van der Waals surface area contributed by atoms with Crippen LogP contribution in [0.5, 0.6) is 5.75 Å². The first-order valence-corrected chi connectivity index (χ1v) is 9.19. The van der Waals surface area contributed by atoms with Crippen molar-refractivity contribution in [3.05, 3.63) is 104 Å². The highest BCUT2D eigenvalue weighted by molar-refractivity contribution is 9.10. The van der Waals surface area contributed by atoms with Crippen LogP contribution in [0.15, 0.2) is 77.3 Å². The van der Waals surface area contributed by atoms with Crippen molar-refractivity contribution in [2.75, 3.05) is 0 Å². The van der Waals surface area contributed by atoms with Crippen LogP contribution in [-0.2, 0) is 6.61 Å².